The molecule has 2 heterocycles. The molecule has 2 aromatic carbocycles. The minimum absolute atomic E-state index is 0.0888. The fourth-order valence-corrected chi connectivity index (χ4v) is 4.23. The lowest BCUT2D eigenvalue weighted by molar-refractivity contribution is -0.545. The summed E-state index contributed by atoms with van der Waals surface area (Å²) >= 11 is 1.59. The van der Waals surface area contributed by atoms with Gasteiger partial charge in [-0.15, -0.1) is 0 Å². The smallest absolute Gasteiger partial charge is 0.282 e. The molecule has 2 N–H and O–H groups in total. The average molecular weight is 395 g/mol. The number of hydrogen-bond donors (Lipinski definition) is 2. The van der Waals surface area contributed by atoms with Crippen molar-refractivity contribution in [2.45, 2.75) is 25.8 Å². The van der Waals surface area contributed by atoms with E-state index < -0.39 is 0 Å². The van der Waals surface area contributed by atoms with Gasteiger partial charge in [-0.2, -0.15) is 4.98 Å². The number of amidine groups is 1. The molecule has 1 aliphatic heterocycles. The summed E-state index contributed by atoms with van der Waals surface area (Å²) in [5, 5.41) is 6.41. The van der Waals surface area contributed by atoms with Crippen molar-refractivity contribution in [3.8, 4) is 22.8 Å². The van der Waals surface area contributed by atoms with E-state index in [4.69, 9.17) is 14.5 Å². The summed E-state index contributed by atoms with van der Waals surface area (Å²) in [4.78, 5) is 8.37. The van der Waals surface area contributed by atoms with Gasteiger partial charge in [-0.25, -0.2) is 5.32 Å². The van der Waals surface area contributed by atoms with Crippen LogP contribution in [0.4, 0.5) is 5.13 Å². The number of thiazole rings is 1. The van der Waals surface area contributed by atoms with Crippen molar-refractivity contribution in [1.29, 1.82) is 0 Å². The first kappa shape index (κ1) is 18.5. The second-order valence-electron chi connectivity index (χ2n) is 7.45. The molecule has 144 valence electrons. The Bertz CT molecular complexity index is 1030. The Morgan fingerprint density at radius 2 is 1.79 bits per heavy atom. The Balaban J connectivity index is 1.70. The lowest BCUT2D eigenvalue weighted by Gasteiger charge is -2.26. The van der Waals surface area contributed by atoms with Gasteiger partial charge in [-0.3, -0.25) is 4.99 Å². The summed E-state index contributed by atoms with van der Waals surface area (Å²) in [6, 6.07) is 14.3. The second kappa shape index (κ2) is 7.28. The highest BCUT2D eigenvalue weighted by Gasteiger charge is 2.33. The highest BCUT2D eigenvalue weighted by atomic mass is 32.1. The van der Waals surface area contributed by atoms with E-state index in [0.29, 0.717) is 5.75 Å². The molecule has 0 spiro atoms. The fraction of sp³-hybridized carbons (Fsp3) is 0.273. The highest BCUT2D eigenvalue weighted by molar-refractivity contribution is 7.14. The minimum atomic E-state index is -0.0888. The normalized spacial score (nSPS) is 14.8. The lowest BCUT2D eigenvalue weighted by atomic mass is 9.88. The number of nitrogens with one attached hydrogen (secondary N) is 2. The topological polar surface area (TPSA) is 57.4 Å². The van der Waals surface area contributed by atoms with Crippen molar-refractivity contribution in [1.82, 2.24) is 4.98 Å². The third-order valence-corrected chi connectivity index (χ3v) is 5.54. The van der Waals surface area contributed by atoms with E-state index >= 15 is 0 Å². The van der Waals surface area contributed by atoms with Crippen LogP contribution < -0.4 is 19.8 Å². The first-order valence-electron chi connectivity index (χ1n) is 9.17. The Morgan fingerprint density at radius 3 is 2.50 bits per heavy atom. The van der Waals surface area contributed by atoms with E-state index in [1.807, 2.05) is 24.3 Å². The van der Waals surface area contributed by atoms with E-state index in [9.17, 15) is 0 Å². The molecule has 0 saturated heterocycles. The number of methoxy groups -OCH3 is 2. The molecule has 0 amide bonds. The summed E-state index contributed by atoms with van der Waals surface area (Å²) in [5.41, 5.74) is 4.28. The van der Waals surface area contributed by atoms with Gasteiger partial charge in [-0.1, -0.05) is 41.7 Å². The van der Waals surface area contributed by atoms with Gasteiger partial charge in [0.05, 0.1) is 25.5 Å². The Morgan fingerprint density at radius 1 is 1.07 bits per heavy atom. The molecule has 0 aliphatic carbocycles. The van der Waals surface area contributed by atoms with E-state index in [1.54, 1.807) is 25.6 Å². The molecule has 0 bridgehead atoms. The van der Waals surface area contributed by atoms with Gasteiger partial charge >= 0.3 is 0 Å². The van der Waals surface area contributed by atoms with E-state index in [0.717, 1.165) is 40.0 Å². The molecule has 3 aromatic rings. The van der Waals surface area contributed by atoms with Crippen molar-refractivity contribution >= 4 is 22.3 Å². The highest BCUT2D eigenvalue weighted by Crippen LogP contribution is 2.33. The molecule has 0 atom stereocenters. The first-order valence-corrected chi connectivity index (χ1v) is 10.1. The molecule has 0 saturated carbocycles. The second-order valence-corrected chi connectivity index (χ2v) is 8.31. The molecule has 5 nitrogen and oxygen atoms in total. The van der Waals surface area contributed by atoms with Crippen LogP contribution in [-0.4, -0.2) is 30.6 Å². The van der Waals surface area contributed by atoms with Crippen LogP contribution in [0.3, 0.4) is 0 Å². The number of hydrogen-bond acceptors (Lipinski definition) is 5. The molecule has 0 unspecified atom stereocenters. The number of aromatic nitrogens is 1. The largest absolute Gasteiger partial charge is 0.493 e. The summed E-state index contributed by atoms with van der Waals surface area (Å²) in [5.74, 6) is 2.39. The van der Waals surface area contributed by atoms with Gasteiger partial charge in [0.15, 0.2) is 11.5 Å². The molecule has 1 aromatic heterocycles. The van der Waals surface area contributed by atoms with E-state index in [-0.39, 0.29) is 5.54 Å². The third kappa shape index (κ3) is 3.60. The van der Waals surface area contributed by atoms with Crippen molar-refractivity contribution in [2.75, 3.05) is 19.5 Å². The van der Waals surface area contributed by atoms with Gasteiger partial charge in [0, 0.05) is 17.4 Å². The molecule has 6 heteroatoms. The van der Waals surface area contributed by atoms with Crippen LogP contribution in [-0.2, 0) is 6.42 Å². The maximum atomic E-state index is 5.51. The summed E-state index contributed by atoms with van der Waals surface area (Å²) < 4.78 is 11.0. The van der Waals surface area contributed by atoms with E-state index in [2.05, 4.69) is 47.7 Å². The lowest BCUT2D eigenvalue weighted by Crippen LogP contribution is -2.89. The number of ether oxygens (including phenoxy) is 2. The molecular formula is C22H24N3O2S+. The molecule has 0 radical (unpaired) electrons. The quantitative estimate of drug-likeness (QED) is 0.714. The molecule has 4 rings (SSSR count). The SMILES string of the molecule is COc1cc2c(cc1OC)C(Nc1nc(-c3ccccc3)cs1)=[NH+]C(C)(C)C2. The summed E-state index contributed by atoms with van der Waals surface area (Å²) in [7, 11) is 3.32. The third-order valence-electron chi connectivity index (χ3n) is 4.78. The number of benzene rings is 2. The van der Waals surface area contributed by atoms with Crippen molar-refractivity contribution in [3.63, 3.8) is 0 Å². The standard InChI is InChI=1S/C22H23N3O2S/c1-22(2)12-15-10-18(26-3)19(27-4)11-16(15)20(25-22)24-21-23-17(13-28-21)14-8-6-5-7-9-14/h5-11,13H,12H2,1-4H3,(H,23,24,25)/p+1. The zero-order chi connectivity index (χ0) is 19.7. The Hall–Kier alpha value is -2.86. The van der Waals surface area contributed by atoms with Crippen LogP contribution in [0.1, 0.15) is 25.0 Å². The Labute approximate surface area is 169 Å². The van der Waals surface area contributed by atoms with Crippen LogP contribution in [0.5, 0.6) is 11.5 Å². The molecular weight excluding hydrogens is 370 g/mol. The summed E-state index contributed by atoms with van der Waals surface area (Å²) in [6.07, 6.45) is 0.890. The predicted octanol–water partition coefficient (Wildman–Crippen LogP) is 3.10. The van der Waals surface area contributed by atoms with Gasteiger partial charge < -0.3 is 9.47 Å². The van der Waals surface area contributed by atoms with Crippen molar-refractivity contribution < 1.29 is 14.5 Å². The first-order chi connectivity index (χ1) is 13.5. The fourth-order valence-electron chi connectivity index (χ4n) is 3.50. The predicted molar refractivity (Wildman–Crippen MR) is 114 cm³/mol. The summed E-state index contributed by atoms with van der Waals surface area (Å²) in [6.45, 7) is 4.37. The number of rotatable bonds is 4. The maximum absolute atomic E-state index is 5.51. The molecule has 1 aliphatic rings. The molecule has 28 heavy (non-hydrogen) atoms. The van der Waals surface area contributed by atoms with E-state index in [1.165, 1.54) is 5.56 Å². The maximum Gasteiger partial charge on any atom is 0.282 e. The van der Waals surface area contributed by atoms with Crippen molar-refractivity contribution in [3.05, 3.63) is 59.0 Å². The van der Waals surface area contributed by atoms with Crippen LogP contribution in [0.15, 0.2) is 47.8 Å². The zero-order valence-electron chi connectivity index (χ0n) is 16.5. The van der Waals surface area contributed by atoms with Crippen LogP contribution in [0.25, 0.3) is 11.3 Å². The van der Waals surface area contributed by atoms with Gasteiger partial charge in [0.1, 0.15) is 5.54 Å². The van der Waals surface area contributed by atoms with Gasteiger partial charge in [-0.05, 0) is 31.5 Å². The van der Waals surface area contributed by atoms with Gasteiger partial charge in [0.25, 0.3) is 11.0 Å². The van der Waals surface area contributed by atoms with Crippen molar-refractivity contribution in [2.24, 2.45) is 0 Å². The van der Waals surface area contributed by atoms with Crippen LogP contribution in [0.2, 0.25) is 0 Å². The van der Waals surface area contributed by atoms with Crippen LogP contribution >= 0.6 is 11.3 Å². The average Bonchev–Trinajstić information content (AvgIpc) is 3.15. The van der Waals surface area contributed by atoms with Gasteiger partial charge in [0.2, 0.25) is 0 Å². The number of nitrogens with zero attached hydrogens (tertiary/aromatic N) is 1. The minimum Gasteiger partial charge on any atom is -0.493 e. The zero-order valence-corrected chi connectivity index (χ0v) is 17.3. The number of fused-ring (bicyclic) bond motifs is 1. The Kier molecular flexibility index (Phi) is 4.81. The molecule has 0 fully saturated rings. The van der Waals surface area contributed by atoms with Crippen LogP contribution in [0, 0.1) is 0 Å². The monoisotopic (exact) mass is 394 g/mol. The number of anilines is 1.